The smallest absolute Gasteiger partial charge is 0.338 e. The summed E-state index contributed by atoms with van der Waals surface area (Å²) in [5.74, 6) is -0.308. The molecule has 0 heterocycles. The molecule has 5 heteroatoms. The normalized spacial score (nSPS) is 10.8. The third-order valence-corrected chi connectivity index (χ3v) is 2.68. The van der Waals surface area contributed by atoms with Crippen LogP contribution in [0.1, 0.15) is 43.6 Å². The Bertz CT molecular complexity index is 507. The molecule has 0 bridgehead atoms. The fraction of sp³-hybridized carbons (Fsp3) is 0.467. The molecule has 1 aromatic carbocycles. The molecule has 2 N–H and O–H groups in total. The highest BCUT2D eigenvalue weighted by molar-refractivity contribution is 7.80. The second-order valence-electron chi connectivity index (χ2n) is 5.58. The standard InChI is InChI=1S/C15H22N2O2S/c1-6-19-13(18)11-7-8-12(10(2)9-11)16-14(20)17-15(3,4)5/h7-9H,6H2,1-5H3,(H2,16,17,20). The van der Waals surface area contributed by atoms with Crippen LogP contribution in [0.2, 0.25) is 0 Å². The molecule has 0 aromatic heterocycles. The molecule has 0 fully saturated rings. The Hall–Kier alpha value is -1.62. The number of aryl methyl sites for hydroxylation is 1. The number of benzene rings is 1. The van der Waals surface area contributed by atoms with Crippen molar-refractivity contribution in [2.24, 2.45) is 0 Å². The van der Waals surface area contributed by atoms with Gasteiger partial charge in [-0.1, -0.05) is 0 Å². The average Bonchev–Trinajstić information content (AvgIpc) is 2.29. The second kappa shape index (κ2) is 6.70. The van der Waals surface area contributed by atoms with E-state index >= 15 is 0 Å². The van der Waals surface area contributed by atoms with Gasteiger partial charge in [0.2, 0.25) is 0 Å². The molecule has 1 rings (SSSR count). The quantitative estimate of drug-likeness (QED) is 0.662. The molecule has 0 aliphatic heterocycles. The van der Waals surface area contributed by atoms with Crippen LogP contribution in [0.3, 0.4) is 0 Å². The number of carbonyl (C=O) groups is 1. The molecule has 0 saturated heterocycles. The molecule has 0 aliphatic rings. The van der Waals surface area contributed by atoms with Crippen LogP contribution in [-0.4, -0.2) is 23.2 Å². The summed E-state index contributed by atoms with van der Waals surface area (Å²) in [5.41, 5.74) is 2.26. The number of esters is 1. The number of ether oxygens (including phenoxy) is 1. The Morgan fingerprint density at radius 3 is 2.50 bits per heavy atom. The van der Waals surface area contributed by atoms with Gasteiger partial charge in [-0.05, 0) is 70.6 Å². The zero-order chi connectivity index (χ0) is 15.3. The number of hydrogen-bond donors (Lipinski definition) is 2. The number of nitrogens with one attached hydrogen (secondary N) is 2. The molecule has 0 atom stereocenters. The lowest BCUT2D eigenvalue weighted by molar-refractivity contribution is 0.0526. The number of rotatable bonds is 3. The van der Waals surface area contributed by atoms with E-state index in [-0.39, 0.29) is 11.5 Å². The predicted octanol–water partition coefficient (Wildman–Crippen LogP) is 3.26. The lowest BCUT2D eigenvalue weighted by atomic mass is 10.1. The van der Waals surface area contributed by atoms with Crippen molar-refractivity contribution in [2.75, 3.05) is 11.9 Å². The van der Waals surface area contributed by atoms with Crippen LogP contribution in [0.25, 0.3) is 0 Å². The highest BCUT2D eigenvalue weighted by Gasteiger charge is 2.13. The van der Waals surface area contributed by atoms with Crippen LogP contribution in [0.5, 0.6) is 0 Å². The van der Waals surface area contributed by atoms with Crippen molar-refractivity contribution in [1.82, 2.24) is 5.32 Å². The topological polar surface area (TPSA) is 50.4 Å². The van der Waals surface area contributed by atoms with Gasteiger partial charge in [0.1, 0.15) is 0 Å². The van der Waals surface area contributed by atoms with Crippen molar-refractivity contribution in [3.63, 3.8) is 0 Å². The van der Waals surface area contributed by atoms with Crippen LogP contribution >= 0.6 is 12.2 Å². The number of hydrogen-bond acceptors (Lipinski definition) is 3. The molecule has 0 saturated carbocycles. The van der Waals surface area contributed by atoms with Gasteiger partial charge < -0.3 is 15.4 Å². The zero-order valence-electron chi connectivity index (χ0n) is 12.7. The van der Waals surface area contributed by atoms with Gasteiger partial charge in [-0.15, -0.1) is 0 Å². The van der Waals surface area contributed by atoms with Gasteiger partial charge in [-0.3, -0.25) is 0 Å². The number of anilines is 1. The average molecular weight is 294 g/mol. The van der Waals surface area contributed by atoms with E-state index in [0.29, 0.717) is 17.3 Å². The molecule has 0 amide bonds. The Kier molecular flexibility index (Phi) is 5.51. The van der Waals surface area contributed by atoms with Gasteiger partial charge in [-0.2, -0.15) is 0 Å². The summed E-state index contributed by atoms with van der Waals surface area (Å²) in [5, 5.41) is 6.87. The van der Waals surface area contributed by atoms with E-state index in [4.69, 9.17) is 17.0 Å². The molecule has 20 heavy (non-hydrogen) atoms. The first kappa shape index (κ1) is 16.4. The minimum Gasteiger partial charge on any atom is -0.462 e. The highest BCUT2D eigenvalue weighted by atomic mass is 32.1. The lowest BCUT2D eigenvalue weighted by Crippen LogP contribution is -2.43. The van der Waals surface area contributed by atoms with Gasteiger partial charge in [-0.25, -0.2) is 4.79 Å². The second-order valence-corrected chi connectivity index (χ2v) is 5.99. The SMILES string of the molecule is CCOC(=O)c1ccc(NC(=S)NC(C)(C)C)c(C)c1. The van der Waals surface area contributed by atoms with Gasteiger partial charge in [0.05, 0.1) is 12.2 Å². The monoisotopic (exact) mass is 294 g/mol. The van der Waals surface area contributed by atoms with Crippen molar-refractivity contribution in [1.29, 1.82) is 0 Å². The van der Waals surface area contributed by atoms with Gasteiger partial charge in [0.25, 0.3) is 0 Å². The third-order valence-electron chi connectivity index (χ3n) is 2.47. The first-order valence-corrected chi connectivity index (χ1v) is 7.00. The maximum atomic E-state index is 11.6. The summed E-state index contributed by atoms with van der Waals surface area (Å²) < 4.78 is 4.97. The zero-order valence-corrected chi connectivity index (χ0v) is 13.5. The molecule has 0 radical (unpaired) electrons. The molecule has 4 nitrogen and oxygen atoms in total. The van der Waals surface area contributed by atoms with E-state index in [1.807, 2.05) is 33.8 Å². The minimum absolute atomic E-state index is 0.0944. The van der Waals surface area contributed by atoms with Crippen molar-refractivity contribution < 1.29 is 9.53 Å². The molecule has 0 spiro atoms. The highest BCUT2D eigenvalue weighted by Crippen LogP contribution is 2.17. The van der Waals surface area contributed by atoms with Gasteiger partial charge >= 0.3 is 5.97 Å². The molecule has 110 valence electrons. The van der Waals surface area contributed by atoms with Gasteiger partial charge in [0.15, 0.2) is 5.11 Å². The third kappa shape index (κ3) is 5.17. The van der Waals surface area contributed by atoms with E-state index in [1.54, 1.807) is 19.1 Å². The number of carbonyl (C=O) groups excluding carboxylic acids is 1. The van der Waals surface area contributed by atoms with Crippen LogP contribution < -0.4 is 10.6 Å². The van der Waals surface area contributed by atoms with Crippen molar-refractivity contribution in [3.8, 4) is 0 Å². The first-order chi connectivity index (χ1) is 9.23. The Morgan fingerprint density at radius 2 is 2.00 bits per heavy atom. The fourth-order valence-corrected chi connectivity index (χ4v) is 2.06. The predicted molar refractivity (Wildman–Crippen MR) is 86.2 cm³/mol. The van der Waals surface area contributed by atoms with Crippen molar-refractivity contribution >= 4 is 29.0 Å². The maximum absolute atomic E-state index is 11.6. The maximum Gasteiger partial charge on any atom is 0.338 e. The molecular formula is C15H22N2O2S. The van der Waals surface area contributed by atoms with E-state index in [0.717, 1.165) is 11.3 Å². The summed E-state index contributed by atoms with van der Waals surface area (Å²) in [7, 11) is 0. The Morgan fingerprint density at radius 1 is 1.35 bits per heavy atom. The van der Waals surface area contributed by atoms with Crippen molar-refractivity contribution in [3.05, 3.63) is 29.3 Å². The molecule has 0 unspecified atom stereocenters. The molecule has 1 aromatic rings. The summed E-state index contributed by atoms with van der Waals surface area (Å²) in [6.45, 7) is 10.2. The minimum atomic E-state index is -0.308. The lowest BCUT2D eigenvalue weighted by Gasteiger charge is -2.23. The van der Waals surface area contributed by atoms with Crippen LogP contribution in [0.15, 0.2) is 18.2 Å². The largest absolute Gasteiger partial charge is 0.462 e. The summed E-state index contributed by atoms with van der Waals surface area (Å²) >= 11 is 5.26. The summed E-state index contributed by atoms with van der Waals surface area (Å²) in [4.78, 5) is 11.6. The summed E-state index contributed by atoms with van der Waals surface area (Å²) in [6.07, 6.45) is 0. The number of thiocarbonyl (C=S) groups is 1. The Labute approximate surface area is 125 Å². The van der Waals surface area contributed by atoms with E-state index in [1.165, 1.54) is 0 Å². The van der Waals surface area contributed by atoms with Crippen LogP contribution in [-0.2, 0) is 4.74 Å². The Balaban J connectivity index is 2.79. The molecular weight excluding hydrogens is 272 g/mol. The van der Waals surface area contributed by atoms with Crippen LogP contribution in [0.4, 0.5) is 5.69 Å². The summed E-state index contributed by atoms with van der Waals surface area (Å²) in [6, 6.07) is 5.35. The fourth-order valence-electron chi connectivity index (χ4n) is 1.64. The first-order valence-electron chi connectivity index (χ1n) is 6.60. The van der Waals surface area contributed by atoms with E-state index < -0.39 is 0 Å². The van der Waals surface area contributed by atoms with Gasteiger partial charge in [0, 0.05) is 11.2 Å². The van der Waals surface area contributed by atoms with Crippen LogP contribution in [0, 0.1) is 6.92 Å². The van der Waals surface area contributed by atoms with E-state index in [2.05, 4.69) is 10.6 Å². The molecule has 0 aliphatic carbocycles. The van der Waals surface area contributed by atoms with Crippen molar-refractivity contribution in [2.45, 2.75) is 40.2 Å². The van der Waals surface area contributed by atoms with E-state index in [9.17, 15) is 4.79 Å².